The molecule has 1 atom stereocenters. The molecule has 0 radical (unpaired) electrons. The van der Waals surface area contributed by atoms with Gasteiger partial charge >= 0.3 is 0 Å². The molecule has 0 bridgehead atoms. The molecule has 1 aromatic rings. The van der Waals surface area contributed by atoms with Gasteiger partial charge in [-0.2, -0.15) is 16.9 Å². The Labute approximate surface area is 119 Å². The molecule has 0 spiro atoms. The van der Waals surface area contributed by atoms with Gasteiger partial charge in [-0.05, 0) is 32.6 Å². The maximum absolute atomic E-state index is 10.2. The summed E-state index contributed by atoms with van der Waals surface area (Å²) in [5, 5.41) is 14.6. The molecule has 2 heterocycles. The summed E-state index contributed by atoms with van der Waals surface area (Å²) in [5.41, 5.74) is 8.43. The lowest BCUT2D eigenvalue weighted by Crippen LogP contribution is -2.36. The molecular weight excluding hydrogens is 260 g/mol. The van der Waals surface area contributed by atoms with Gasteiger partial charge in [0.1, 0.15) is 0 Å². The van der Waals surface area contributed by atoms with Crippen LogP contribution in [-0.2, 0) is 6.54 Å². The Hall–Kier alpha value is -0.720. The van der Waals surface area contributed by atoms with Crippen LogP contribution in [0.25, 0.3) is 0 Å². The van der Waals surface area contributed by atoms with E-state index in [-0.39, 0.29) is 6.10 Å². The van der Waals surface area contributed by atoms with Gasteiger partial charge in [-0.3, -0.25) is 9.58 Å². The van der Waals surface area contributed by atoms with E-state index < -0.39 is 0 Å². The summed E-state index contributed by atoms with van der Waals surface area (Å²) in [7, 11) is 0. The lowest BCUT2D eigenvalue weighted by atomic mass is 10.3. The second-order valence-corrected chi connectivity index (χ2v) is 6.41. The third kappa shape index (κ3) is 3.87. The van der Waals surface area contributed by atoms with Crippen molar-refractivity contribution in [3.8, 4) is 0 Å². The number of nitrogens with zero attached hydrogens (tertiary/aromatic N) is 3. The van der Waals surface area contributed by atoms with Crippen molar-refractivity contribution in [2.24, 2.45) is 0 Å². The van der Waals surface area contributed by atoms with Crippen LogP contribution in [0.15, 0.2) is 0 Å². The van der Waals surface area contributed by atoms with E-state index in [1.807, 2.05) is 30.3 Å². The van der Waals surface area contributed by atoms with Crippen molar-refractivity contribution in [3.63, 3.8) is 0 Å². The first-order valence-electron chi connectivity index (χ1n) is 6.85. The van der Waals surface area contributed by atoms with Crippen LogP contribution in [0.1, 0.15) is 17.8 Å². The van der Waals surface area contributed by atoms with Crippen LogP contribution < -0.4 is 5.73 Å². The van der Waals surface area contributed by atoms with Gasteiger partial charge in [0, 0.05) is 18.8 Å². The van der Waals surface area contributed by atoms with Crippen LogP contribution in [0.2, 0.25) is 0 Å². The van der Waals surface area contributed by atoms with Crippen LogP contribution in [0.3, 0.4) is 0 Å². The van der Waals surface area contributed by atoms with E-state index in [4.69, 9.17) is 5.73 Å². The van der Waals surface area contributed by atoms with Crippen molar-refractivity contribution >= 4 is 17.4 Å². The average Bonchev–Trinajstić information content (AvgIpc) is 2.61. The number of hydrogen-bond acceptors (Lipinski definition) is 5. The zero-order valence-corrected chi connectivity index (χ0v) is 12.6. The number of aryl methyl sites for hydroxylation is 1. The summed E-state index contributed by atoms with van der Waals surface area (Å²) >= 11 is 2.00. The van der Waals surface area contributed by atoms with Crippen molar-refractivity contribution in [3.05, 3.63) is 11.4 Å². The highest BCUT2D eigenvalue weighted by Gasteiger charge is 2.16. The van der Waals surface area contributed by atoms with Crippen molar-refractivity contribution < 1.29 is 5.11 Å². The Morgan fingerprint density at radius 1 is 1.32 bits per heavy atom. The van der Waals surface area contributed by atoms with Crippen LogP contribution in [0.5, 0.6) is 0 Å². The van der Waals surface area contributed by atoms with E-state index >= 15 is 0 Å². The normalized spacial score (nSPS) is 19.3. The molecule has 0 aliphatic carbocycles. The number of aliphatic hydroxyl groups excluding tert-OH is 1. The molecule has 0 aromatic carbocycles. The molecule has 19 heavy (non-hydrogen) atoms. The second kappa shape index (κ2) is 6.63. The summed E-state index contributed by atoms with van der Waals surface area (Å²) in [6.45, 7) is 7.25. The second-order valence-electron chi connectivity index (χ2n) is 5.19. The molecule has 1 aromatic heterocycles. The number of thioether (sulfide) groups is 1. The minimum Gasteiger partial charge on any atom is -0.396 e. The Morgan fingerprint density at radius 2 is 2.11 bits per heavy atom. The van der Waals surface area contributed by atoms with Crippen molar-refractivity contribution in [2.45, 2.75) is 32.9 Å². The zero-order chi connectivity index (χ0) is 13.8. The van der Waals surface area contributed by atoms with Gasteiger partial charge in [-0.15, -0.1) is 0 Å². The smallest absolute Gasteiger partial charge is 0.0862 e. The van der Waals surface area contributed by atoms with Crippen molar-refractivity contribution in [1.29, 1.82) is 0 Å². The van der Waals surface area contributed by atoms with Gasteiger partial charge < -0.3 is 10.8 Å². The Kier molecular flexibility index (Phi) is 5.13. The number of anilines is 1. The Bertz CT molecular complexity index is 413. The highest BCUT2D eigenvalue weighted by atomic mass is 32.2. The molecule has 3 N–H and O–H groups in total. The Balaban J connectivity index is 1.89. The number of hydrogen-bond donors (Lipinski definition) is 2. The topological polar surface area (TPSA) is 67.3 Å². The van der Waals surface area contributed by atoms with E-state index in [0.717, 1.165) is 36.7 Å². The number of nitrogens with two attached hydrogens (primary N) is 1. The van der Waals surface area contributed by atoms with Gasteiger partial charge in [0.25, 0.3) is 0 Å². The van der Waals surface area contributed by atoms with Crippen molar-refractivity contribution in [2.75, 3.05) is 36.9 Å². The molecule has 1 unspecified atom stereocenters. The van der Waals surface area contributed by atoms with Gasteiger partial charge in [0.2, 0.25) is 0 Å². The first kappa shape index (κ1) is 14.7. The highest BCUT2D eigenvalue weighted by Crippen LogP contribution is 2.15. The lowest BCUT2D eigenvalue weighted by Gasteiger charge is -2.23. The van der Waals surface area contributed by atoms with Gasteiger partial charge in [0.15, 0.2) is 0 Å². The molecule has 5 nitrogen and oxygen atoms in total. The number of aliphatic hydroxyl groups is 1. The van der Waals surface area contributed by atoms with E-state index in [9.17, 15) is 5.11 Å². The van der Waals surface area contributed by atoms with Gasteiger partial charge in [0.05, 0.1) is 29.7 Å². The maximum atomic E-state index is 10.2. The van der Waals surface area contributed by atoms with E-state index in [2.05, 4.69) is 10.00 Å². The van der Waals surface area contributed by atoms with E-state index in [1.165, 1.54) is 17.9 Å². The minimum absolute atomic E-state index is 0.388. The highest BCUT2D eigenvalue weighted by molar-refractivity contribution is 7.99. The fraction of sp³-hybridized carbons (Fsp3) is 0.769. The van der Waals surface area contributed by atoms with E-state index in [0.29, 0.717) is 6.54 Å². The van der Waals surface area contributed by atoms with Gasteiger partial charge in [-0.1, -0.05) is 0 Å². The van der Waals surface area contributed by atoms with E-state index in [1.54, 1.807) is 0 Å². The first-order valence-corrected chi connectivity index (χ1v) is 8.01. The number of β-amino-alcohol motifs (C(OH)–C–C–N with tert-alkyl or cyclic N) is 1. The quantitative estimate of drug-likeness (QED) is 0.859. The predicted octanol–water partition coefficient (Wildman–Crippen LogP) is 0.882. The minimum atomic E-state index is -0.388. The SMILES string of the molecule is Cc1nn(CC(O)CN2CCCSCC2)c(C)c1N. The third-order valence-corrected chi connectivity index (χ3v) is 4.65. The summed E-state index contributed by atoms with van der Waals surface area (Å²) in [6.07, 6.45) is 0.824. The third-order valence-electron chi connectivity index (χ3n) is 3.60. The monoisotopic (exact) mass is 284 g/mol. The Morgan fingerprint density at radius 3 is 2.79 bits per heavy atom. The van der Waals surface area contributed by atoms with Crippen LogP contribution in [0.4, 0.5) is 5.69 Å². The van der Waals surface area contributed by atoms with Gasteiger partial charge in [-0.25, -0.2) is 0 Å². The molecule has 0 amide bonds. The maximum Gasteiger partial charge on any atom is 0.0862 e. The molecular formula is C13H24N4OS. The molecule has 2 rings (SSSR count). The number of nitrogen functional groups attached to an aromatic ring is 1. The van der Waals surface area contributed by atoms with Crippen molar-refractivity contribution in [1.82, 2.24) is 14.7 Å². The largest absolute Gasteiger partial charge is 0.396 e. The average molecular weight is 284 g/mol. The summed E-state index contributed by atoms with van der Waals surface area (Å²) in [4.78, 5) is 2.35. The summed E-state index contributed by atoms with van der Waals surface area (Å²) in [6, 6.07) is 0. The number of rotatable bonds is 4. The molecule has 6 heteroatoms. The van der Waals surface area contributed by atoms with Crippen LogP contribution in [-0.4, -0.2) is 57.0 Å². The predicted molar refractivity (Wildman–Crippen MR) is 80.5 cm³/mol. The lowest BCUT2D eigenvalue weighted by molar-refractivity contribution is 0.0978. The van der Waals surface area contributed by atoms with Crippen LogP contribution >= 0.6 is 11.8 Å². The molecule has 1 saturated heterocycles. The van der Waals surface area contributed by atoms with Crippen LogP contribution in [0, 0.1) is 13.8 Å². The summed E-state index contributed by atoms with van der Waals surface area (Å²) < 4.78 is 1.82. The molecule has 108 valence electrons. The number of aromatic nitrogens is 2. The molecule has 0 saturated carbocycles. The fourth-order valence-corrected chi connectivity index (χ4v) is 3.35. The first-order chi connectivity index (χ1) is 9.08. The molecule has 1 aliphatic rings. The summed E-state index contributed by atoms with van der Waals surface area (Å²) in [5.74, 6) is 2.40. The standard InChI is InChI=1S/C13H24N4OS/c1-10-13(14)11(2)17(15-10)9-12(18)8-16-4-3-6-19-7-5-16/h12,18H,3-9,14H2,1-2H3. The molecule has 1 aliphatic heterocycles. The zero-order valence-electron chi connectivity index (χ0n) is 11.8. The fourth-order valence-electron chi connectivity index (χ4n) is 2.42. The molecule has 1 fully saturated rings.